The molecule has 0 amide bonds. The standard InChI is InChI=1S/C19H28N4O/c1-18(2,3)12-10-20-22-11-15-17(21-16(12)22)23(19(4,5)6)13-8-7-9-14(13)24-15/h10-11,13-14H,7-9H2,1-6H3. The van der Waals surface area contributed by atoms with Crippen LogP contribution in [0.5, 0.6) is 5.75 Å². The fourth-order valence-corrected chi connectivity index (χ4v) is 4.15. The number of anilines is 1. The number of hydrogen-bond donors (Lipinski definition) is 0. The smallest absolute Gasteiger partial charge is 0.180 e. The molecule has 0 N–H and O–H groups in total. The summed E-state index contributed by atoms with van der Waals surface area (Å²) in [5.41, 5.74) is 2.14. The second kappa shape index (κ2) is 4.87. The Hall–Kier alpha value is -1.78. The molecule has 24 heavy (non-hydrogen) atoms. The van der Waals surface area contributed by atoms with E-state index in [0.717, 1.165) is 23.6 Å². The molecule has 1 saturated carbocycles. The molecule has 1 aliphatic heterocycles. The van der Waals surface area contributed by atoms with Crippen molar-refractivity contribution in [3.63, 3.8) is 0 Å². The molecule has 2 aromatic heterocycles. The van der Waals surface area contributed by atoms with Crippen molar-refractivity contribution in [1.82, 2.24) is 14.6 Å². The van der Waals surface area contributed by atoms with Crippen LogP contribution < -0.4 is 9.64 Å². The average molecular weight is 328 g/mol. The lowest BCUT2D eigenvalue weighted by molar-refractivity contribution is 0.156. The predicted octanol–water partition coefficient (Wildman–Crippen LogP) is 3.95. The highest BCUT2D eigenvalue weighted by Gasteiger charge is 2.44. The predicted molar refractivity (Wildman–Crippen MR) is 96.0 cm³/mol. The molecule has 2 aromatic rings. The van der Waals surface area contributed by atoms with E-state index in [-0.39, 0.29) is 17.1 Å². The molecule has 0 bridgehead atoms. The van der Waals surface area contributed by atoms with E-state index in [9.17, 15) is 0 Å². The maximum absolute atomic E-state index is 6.32. The Labute approximate surface area is 144 Å². The van der Waals surface area contributed by atoms with E-state index in [2.05, 4.69) is 51.5 Å². The molecule has 2 aliphatic rings. The molecule has 2 atom stereocenters. The lowest BCUT2D eigenvalue weighted by atomic mass is 9.89. The molecule has 0 radical (unpaired) electrons. The van der Waals surface area contributed by atoms with Crippen LogP contribution in [0.1, 0.15) is 66.4 Å². The van der Waals surface area contributed by atoms with Gasteiger partial charge >= 0.3 is 0 Å². The molecule has 0 aromatic carbocycles. The number of ether oxygens (including phenoxy) is 1. The molecule has 4 rings (SSSR count). The molecule has 5 nitrogen and oxygen atoms in total. The number of aromatic nitrogens is 3. The fraction of sp³-hybridized carbons (Fsp3) is 0.684. The van der Waals surface area contributed by atoms with Gasteiger partial charge in [0.05, 0.1) is 18.4 Å². The monoisotopic (exact) mass is 328 g/mol. The summed E-state index contributed by atoms with van der Waals surface area (Å²) < 4.78 is 8.19. The molecule has 3 heterocycles. The number of nitrogens with zero attached hydrogens (tertiary/aromatic N) is 4. The number of fused-ring (bicyclic) bond motifs is 3. The van der Waals surface area contributed by atoms with Crippen molar-refractivity contribution < 1.29 is 4.74 Å². The zero-order chi connectivity index (χ0) is 17.3. The first-order valence-corrected chi connectivity index (χ1v) is 9.01. The van der Waals surface area contributed by atoms with E-state index in [0.29, 0.717) is 6.04 Å². The van der Waals surface area contributed by atoms with Gasteiger partial charge in [-0.2, -0.15) is 5.10 Å². The Morgan fingerprint density at radius 3 is 2.54 bits per heavy atom. The van der Waals surface area contributed by atoms with E-state index in [1.54, 1.807) is 0 Å². The highest BCUT2D eigenvalue weighted by Crippen LogP contribution is 2.44. The van der Waals surface area contributed by atoms with Gasteiger partial charge in [-0.1, -0.05) is 20.8 Å². The minimum Gasteiger partial charge on any atom is -0.483 e. The Morgan fingerprint density at radius 2 is 1.88 bits per heavy atom. The summed E-state index contributed by atoms with van der Waals surface area (Å²) in [5.74, 6) is 1.84. The topological polar surface area (TPSA) is 42.7 Å². The van der Waals surface area contributed by atoms with Gasteiger partial charge in [-0.25, -0.2) is 9.50 Å². The van der Waals surface area contributed by atoms with Crippen molar-refractivity contribution in [1.29, 1.82) is 0 Å². The van der Waals surface area contributed by atoms with Crippen molar-refractivity contribution in [3.05, 3.63) is 18.0 Å². The maximum atomic E-state index is 6.32. The summed E-state index contributed by atoms with van der Waals surface area (Å²) in [4.78, 5) is 7.54. The molecular weight excluding hydrogens is 300 g/mol. The molecule has 0 spiro atoms. The first-order chi connectivity index (χ1) is 11.2. The Balaban J connectivity index is 1.93. The quantitative estimate of drug-likeness (QED) is 0.734. The van der Waals surface area contributed by atoms with E-state index < -0.39 is 0 Å². The summed E-state index contributed by atoms with van der Waals surface area (Å²) >= 11 is 0. The number of hydrogen-bond acceptors (Lipinski definition) is 4. The SMILES string of the molecule is CC(C)(C)c1cnn2cc3c(nc12)N(C(C)(C)C)C1CCCC1O3. The van der Waals surface area contributed by atoms with Gasteiger partial charge in [0.2, 0.25) is 0 Å². The average Bonchev–Trinajstić information content (AvgIpc) is 3.05. The van der Waals surface area contributed by atoms with Gasteiger partial charge < -0.3 is 9.64 Å². The minimum atomic E-state index is 0.0129. The van der Waals surface area contributed by atoms with Crippen LogP contribution in [0.15, 0.2) is 12.4 Å². The van der Waals surface area contributed by atoms with Crippen LogP contribution in [0.3, 0.4) is 0 Å². The van der Waals surface area contributed by atoms with Crippen molar-refractivity contribution in [2.24, 2.45) is 0 Å². The van der Waals surface area contributed by atoms with E-state index in [1.165, 1.54) is 18.4 Å². The van der Waals surface area contributed by atoms with Crippen LogP contribution in [0, 0.1) is 0 Å². The lowest BCUT2D eigenvalue weighted by Crippen LogP contribution is -2.55. The van der Waals surface area contributed by atoms with Crippen LogP contribution in [-0.4, -0.2) is 32.3 Å². The third-order valence-corrected chi connectivity index (χ3v) is 5.23. The third kappa shape index (κ3) is 2.28. The molecule has 130 valence electrons. The molecule has 5 heteroatoms. The summed E-state index contributed by atoms with van der Waals surface area (Å²) in [5, 5.41) is 4.52. The van der Waals surface area contributed by atoms with Crippen molar-refractivity contribution in [2.45, 2.75) is 83.9 Å². The van der Waals surface area contributed by atoms with Crippen LogP contribution in [0.2, 0.25) is 0 Å². The van der Waals surface area contributed by atoms with Gasteiger partial charge in [0, 0.05) is 11.1 Å². The Bertz CT molecular complexity index is 781. The van der Waals surface area contributed by atoms with Gasteiger partial charge in [-0.05, 0) is 45.4 Å². The molecule has 1 aliphatic carbocycles. The summed E-state index contributed by atoms with van der Waals surface area (Å²) in [6.45, 7) is 13.4. The third-order valence-electron chi connectivity index (χ3n) is 5.23. The molecule has 2 unspecified atom stereocenters. The molecular formula is C19H28N4O. The van der Waals surface area contributed by atoms with Crippen LogP contribution >= 0.6 is 0 Å². The van der Waals surface area contributed by atoms with E-state index in [4.69, 9.17) is 9.72 Å². The largest absolute Gasteiger partial charge is 0.483 e. The van der Waals surface area contributed by atoms with Gasteiger partial charge in [-0.3, -0.25) is 0 Å². The first-order valence-electron chi connectivity index (χ1n) is 9.01. The van der Waals surface area contributed by atoms with Crippen molar-refractivity contribution in [3.8, 4) is 5.75 Å². The summed E-state index contributed by atoms with van der Waals surface area (Å²) in [6.07, 6.45) is 7.76. The highest BCUT2D eigenvalue weighted by molar-refractivity contribution is 5.63. The second-order valence-electron chi connectivity index (χ2n) is 9.20. The van der Waals surface area contributed by atoms with Gasteiger partial charge in [-0.15, -0.1) is 0 Å². The Morgan fingerprint density at radius 1 is 1.12 bits per heavy atom. The van der Waals surface area contributed by atoms with Gasteiger partial charge in [0.15, 0.2) is 17.2 Å². The van der Waals surface area contributed by atoms with Gasteiger partial charge in [0.25, 0.3) is 0 Å². The molecule has 0 saturated heterocycles. The zero-order valence-corrected chi connectivity index (χ0v) is 15.6. The van der Waals surface area contributed by atoms with Crippen LogP contribution in [0.4, 0.5) is 5.82 Å². The first kappa shape index (κ1) is 15.7. The van der Waals surface area contributed by atoms with Crippen molar-refractivity contribution >= 4 is 11.5 Å². The minimum absolute atomic E-state index is 0.0129. The Kier molecular flexibility index (Phi) is 3.19. The van der Waals surface area contributed by atoms with Crippen LogP contribution in [-0.2, 0) is 5.41 Å². The maximum Gasteiger partial charge on any atom is 0.180 e. The molecule has 1 fully saturated rings. The van der Waals surface area contributed by atoms with E-state index >= 15 is 0 Å². The summed E-state index contributed by atoms with van der Waals surface area (Å²) in [6, 6.07) is 0.424. The second-order valence-corrected chi connectivity index (χ2v) is 9.20. The van der Waals surface area contributed by atoms with Gasteiger partial charge in [0.1, 0.15) is 6.10 Å². The van der Waals surface area contributed by atoms with E-state index in [1.807, 2.05) is 16.9 Å². The lowest BCUT2D eigenvalue weighted by Gasteiger charge is -2.47. The highest BCUT2D eigenvalue weighted by atomic mass is 16.5. The fourth-order valence-electron chi connectivity index (χ4n) is 4.15. The van der Waals surface area contributed by atoms with Crippen LogP contribution in [0.25, 0.3) is 5.65 Å². The zero-order valence-electron chi connectivity index (χ0n) is 15.6. The number of rotatable bonds is 0. The normalized spacial score (nSPS) is 24.0. The summed E-state index contributed by atoms with van der Waals surface area (Å²) in [7, 11) is 0. The van der Waals surface area contributed by atoms with Crippen molar-refractivity contribution in [2.75, 3.05) is 4.90 Å².